The van der Waals surface area contributed by atoms with Gasteiger partial charge in [-0.2, -0.15) is 4.98 Å². The number of aliphatic hydroxyl groups is 1. The summed E-state index contributed by atoms with van der Waals surface area (Å²) in [5.74, 6) is -0.973. The summed E-state index contributed by atoms with van der Waals surface area (Å²) in [7, 11) is 0. The molecule has 1 aliphatic heterocycles. The van der Waals surface area contributed by atoms with Gasteiger partial charge in [-0.05, 0) is 6.92 Å². The van der Waals surface area contributed by atoms with Crippen LogP contribution >= 0.6 is 0 Å². The van der Waals surface area contributed by atoms with Crippen molar-refractivity contribution in [3.05, 3.63) is 11.7 Å². The average molecular weight is 387 g/mol. The number of hydrogen-bond donors (Lipinski definition) is 7. The van der Waals surface area contributed by atoms with Crippen molar-refractivity contribution in [2.75, 3.05) is 19.6 Å². The van der Waals surface area contributed by atoms with Crippen LogP contribution in [0, 0.1) is 0 Å². The lowest BCUT2D eigenvalue weighted by Crippen LogP contribution is -2.51. The van der Waals surface area contributed by atoms with Gasteiger partial charge in [0, 0.05) is 26.6 Å². The van der Waals surface area contributed by atoms with E-state index in [1.165, 1.54) is 13.8 Å². The maximum absolute atomic E-state index is 11.6. The van der Waals surface area contributed by atoms with Crippen molar-refractivity contribution in [2.45, 2.75) is 38.6 Å². The summed E-state index contributed by atoms with van der Waals surface area (Å²) >= 11 is 0. The molecular weight excluding hydrogens is 362 g/mol. The molecule has 13 nitrogen and oxygen atoms in total. The molecule has 0 saturated carbocycles. The molecule has 0 aliphatic carbocycles. The van der Waals surface area contributed by atoms with Crippen LogP contribution in [0.1, 0.15) is 31.6 Å². The van der Waals surface area contributed by atoms with Crippen molar-refractivity contribution in [3.8, 4) is 0 Å². The number of rotatable bonds is 6. The van der Waals surface area contributed by atoms with Crippen LogP contribution in [-0.2, 0) is 16.1 Å². The number of aromatic nitrogens is 2. The zero-order valence-corrected chi connectivity index (χ0v) is 15.1. The second-order valence-electron chi connectivity index (χ2n) is 5.75. The van der Waals surface area contributed by atoms with Crippen molar-refractivity contribution in [3.63, 3.8) is 0 Å². The average Bonchev–Trinajstić information content (AvgIpc) is 3.06. The lowest BCUT2D eigenvalue weighted by Gasteiger charge is -2.21. The Bertz CT molecular complexity index is 625. The molecule has 152 valence electrons. The van der Waals surface area contributed by atoms with Gasteiger partial charge in [-0.15, -0.1) is 0 Å². The summed E-state index contributed by atoms with van der Waals surface area (Å²) in [6.45, 7) is 4.88. The van der Waals surface area contributed by atoms with Crippen LogP contribution in [-0.4, -0.2) is 70.0 Å². The zero-order chi connectivity index (χ0) is 20.4. The summed E-state index contributed by atoms with van der Waals surface area (Å²) in [6.07, 6.45) is -1.22. The second-order valence-corrected chi connectivity index (χ2v) is 5.75. The van der Waals surface area contributed by atoms with Gasteiger partial charge in [0.05, 0.1) is 18.7 Å². The fourth-order valence-corrected chi connectivity index (χ4v) is 2.05. The molecule has 1 fully saturated rings. The standard InChI is InChI=1S/C12H20N6O5.C2H5NO/c1-6(19)9(11(20)21)17-12(22)15-5-8-16-10(18-23-8)7-4-13-2-3-14-7;1-2(3)4/h6-7,9,13-14,19H,2-5H2,1H3,(H,20,21)(H2,15,17,22);1H3,(H2,3,4). The maximum atomic E-state index is 11.6. The molecule has 1 aromatic rings. The molecule has 13 heteroatoms. The number of carbonyl (C=O) groups excluding carboxylic acids is 2. The molecule has 8 N–H and O–H groups in total. The molecule has 3 atom stereocenters. The van der Waals surface area contributed by atoms with Crippen LogP contribution in [0.4, 0.5) is 4.79 Å². The third-order valence-electron chi connectivity index (χ3n) is 3.27. The van der Waals surface area contributed by atoms with Gasteiger partial charge >= 0.3 is 12.0 Å². The first-order valence-electron chi connectivity index (χ1n) is 8.18. The number of hydrogen-bond acceptors (Lipinski definition) is 9. The Hall–Kier alpha value is -2.77. The fourth-order valence-electron chi connectivity index (χ4n) is 2.05. The van der Waals surface area contributed by atoms with Gasteiger partial charge in [-0.1, -0.05) is 5.16 Å². The van der Waals surface area contributed by atoms with E-state index < -0.39 is 24.1 Å². The van der Waals surface area contributed by atoms with Crippen molar-refractivity contribution < 1.29 is 29.1 Å². The van der Waals surface area contributed by atoms with Crippen LogP contribution in [0.3, 0.4) is 0 Å². The Morgan fingerprint density at radius 2 is 2.07 bits per heavy atom. The van der Waals surface area contributed by atoms with E-state index >= 15 is 0 Å². The first-order valence-corrected chi connectivity index (χ1v) is 8.18. The Morgan fingerprint density at radius 3 is 2.59 bits per heavy atom. The lowest BCUT2D eigenvalue weighted by atomic mass is 10.2. The molecule has 2 rings (SSSR count). The van der Waals surface area contributed by atoms with E-state index in [0.29, 0.717) is 12.4 Å². The van der Waals surface area contributed by atoms with E-state index in [4.69, 9.17) is 9.63 Å². The van der Waals surface area contributed by atoms with Crippen molar-refractivity contribution in [2.24, 2.45) is 5.73 Å². The highest BCUT2D eigenvalue weighted by molar-refractivity contribution is 5.82. The van der Waals surface area contributed by atoms with Gasteiger partial charge in [0.2, 0.25) is 11.8 Å². The van der Waals surface area contributed by atoms with Gasteiger partial charge in [0.1, 0.15) is 0 Å². The number of aliphatic carboxylic acids is 1. The number of urea groups is 1. The predicted octanol–water partition coefficient (Wildman–Crippen LogP) is -2.57. The molecule has 1 aliphatic rings. The minimum absolute atomic E-state index is 0.0505. The minimum atomic E-state index is -1.40. The number of carboxylic acids is 1. The molecule has 0 aromatic carbocycles. The van der Waals surface area contributed by atoms with Gasteiger partial charge in [0.15, 0.2) is 11.9 Å². The summed E-state index contributed by atoms with van der Waals surface area (Å²) in [4.78, 5) is 35.9. The smallest absolute Gasteiger partial charge is 0.328 e. The molecule has 3 unspecified atom stereocenters. The van der Waals surface area contributed by atoms with Gasteiger partial charge in [-0.25, -0.2) is 9.59 Å². The zero-order valence-electron chi connectivity index (χ0n) is 15.1. The van der Waals surface area contributed by atoms with E-state index in [1.54, 1.807) is 0 Å². The molecule has 1 saturated heterocycles. The molecule has 1 aromatic heterocycles. The van der Waals surface area contributed by atoms with Gasteiger partial charge in [0.25, 0.3) is 0 Å². The molecule has 27 heavy (non-hydrogen) atoms. The molecular formula is C14H25N7O6. The monoisotopic (exact) mass is 387 g/mol. The van der Waals surface area contributed by atoms with E-state index in [1.807, 2.05) is 0 Å². The second kappa shape index (κ2) is 11.1. The molecule has 2 heterocycles. The van der Waals surface area contributed by atoms with E-state index in [9.17, 15) is 19.5 Å². The quantitative estimate of drug-likeness (QED) is 0.271. The van der Waals surface area contributed by atoms with Crippen LogP contribution < -0.4 is 27.0 Å². The number of aliphatic hydroxyl groups excluding tert-OH is 1. The number of nitrogens with two attached hydrogens (primary N) is 1. The number of nitrogens with zero attached hydrogens (tertiary/aromatic N) is 2. The van der Waals surface area contributed by atoms with Gasteiger partial charge in [-0.3, -0.25) is 4.79 Å². The van der Waals surface area contributed by atoms with Crippen LogP contribution in [0.15, 0.2) is 4.52 Å². The van der Waals surface area contributed by atoms with Crippen molar-refractivity contribution >= 4 is 17.9 Å². The number of carboxylic acid groups (broad SMARTS) is 1. The highest BCUT2D eigenvalue weighted by Crippen LogP contribution is 2.09. The SMILES string of the molecule is CC(N)=O.CC(O)C(NC(=O)NCc1nc(C2CNCCN2)no1)C(=O)O. The number of carbonyl (C=O) groups is 3. The molecule has 3 amide bonds. The highest BCUT2D eigenvalue weighted by atomic mass is 16.5. The number of nitrogens with one attached hydrogen (secondary N) is 4. The molecule has 0 bridgehead atoms. The minimum Gasteiger partial charge on any atom is -0.480 e. The Kier molecular flexibility index (Phi) is 9.12. The summed E-state index contributed by atoms with van der Waals surface area (Å²) in [5, 5.41) is 33.0. The summed E-state index contributed by atoms with van der Waals surface area (Å²) < 4.78 is 5.03. The summed E-state index contributed by atoms with van der Waals surface area (Å²) in [5.41, 5.74) is 4.47. The topological polar surface area (TPSA) is 205 Å². The van der Waals surface area contributed by atoms with Crippen LogP contribution in [0.5, 0.6) is 0 Å². The first kappa shape index (κ1) is 22.3. The first-order chi connectivity index (χ1) is 12.7. The number of amides is 3. The maximum Gasteiger partial charge on any atom is 0.328 e. The highest BCUT2D eigenvalue weighted by Gasteiger charge is 2.25. The number of primary amides is 1. The van der Waals surface area contributed by atoms with Crippen molar-refractivity contribution in [1.82, 2.24) is 31.4 Å². The Morgan fingerprint density at radius 1 is 1.41 bits per heavy atom. The predicted molar refractivity (Wildman–Crippen MR) is 91.3 cm³/mol. The normalized spacial score (nSPS) is 18.4. The van der Waals surface area contributed by atoms with Crippen LogP contribution in [0.2, 0.25) is 0 Å². The van der Waals surface area contributed by atoms with E-state index in [-0.39, 0.29) is 24.4 Å². The third kappa shape index (κ3) is 8.44. The van der Waals surface area contributed by atoms with E-state index in [2.05, 4.69) is 37.1 Å². The molecule has 0 spiro atoms. The summed E-state index contributed by atoms with van der Waals surface area (Å²) in [6, 6.07) is -2.21. The van der Waals surface area contributed by atoms with Gasteiger partial charge < -0.3 is 41.7 Å². The molecule has 0 radical (unpaired) electrons. The Labute approximate surface area is 155 Å². The lowest BCUT2D eigenvalue weighted by molar-refractivity contribution is -0.141. The number of piperazine rings is 1. The third-order valence-corrected chi connectivity index (χ3v) is 3.27. The van der Waals surface area contributed by atoms with Crippen molar-refractivity contribution in [1.29, 1.82) is 0 Å². The van der Waals surface area contributed by atoms with Crippen LogP contribution in [0.25, 0.3) is 0 Å². The van der Waals surface area contributed by atoms with E-state index in [0.717, 1.165) is 13.1 Å². The largest absolute Gasteiger partial charge is 0.480 e. The Balaban J connectivity index is 0.000000828. The fraction of sp³-hybridized carbons (Fsp3) is 0.643.